The molecule has 0 heterocycles. The number of unbranched alkanes of at least 4 members (excludes halogenated alkanes) is 1. The summed E-state index contributed by atoms with van der Waals surface area (Å²) in [6.07, 6.45) is 8.20. The highest BCUT2D eigenvalue weighted by molar-refractivity contribution is 7.91. The standard InChI is InChI=1S/C38H34O10S/c1-3-36(39)46-27-5-4-26-45-31-14-8-29(9-15-31)11-25-38(41)48-33-18-22-35(23-19-33)49(42,43)34-20-16-32(17-21-34)47-37(40)24-10-28-6-12-30(44-2)13-7-28/h3,6-25H,1,4-5,26-27H2,2H3. The number of esters is 3. The highest BCUT2D eigenvalue weighted by Gasteiger charge is 2.18. The Morgan fingerprint density at radius 1 is 0.592 bits per heavy atom. The van der Waals surface area contributed by atoms with Crippen molar-refractivity contribution in [3.8, 4) is 23.0 Å². The first-order valence-corrected chi connectivity index (χ1v) is 16.6. The van der Waals surface area contributed by atoms with Crippen molar-refractivity contribution >= 4 is 39.9 Å². The first-order valence-electron chi connectivity index (χ1n) is 15.1. The van der Waals surface area contributed by atoms with Gasteiger partial charge in [0.2, 0.25) is 9.84 Å². The number of benzene rings is 4. The lowest BCUT2D eigenvalue weighted by atomic mass is 10.2. The van der Waals surface area contributed by atoms with Crippen molar-refractivity contribution in [3.63, 3.8) is 0 Å². The molecule has 252 valence electrons. The number of carbonyl (C=O) groups excluding carboxylic acids is 3. The molecule has 0 fully saturated rings. The molecule has 0 saturated carbocycles. The van der Waals surface area contributed by atoms with E-state index in [0.717, 1.165) is 17.2 Å². The Hall–Kier alpha value is -5.94. The molecular weight excluding hydrogens is 648 g/mol. The zero-order valence-electron chi connectivity index (χ0n) is 26.7. The minimum atomic E-state index is -3.90. The predicted octanol–water partition coefficient (Wildman–Crippen LogP) is 6.65. The molecule has 0 aliphatic heterocycles. The van der Waals surface area contributed by atoms with Crippen molar-refractivity contribution in [2.45, 2.75) is 22.6 Å². The molecule has 0 unspecified atom stereocenters. The van der Waals surface area contributed by atoms with Crippen LogP contribution in [0.2, 0.25) is 0 Å². The maximum absolute atomic E-state index is 13.1. The molecule has 4 rings (SSSR count). The van der Waals surface area contributed by atoms with Gasteiger partial charge in [-0.3, -0.25) is 0 Å². The van der Waals surface area contributed by atoms with Crippen LogP contribution in [0.25, 0.3) is 12.2 Å². The van der Waals surface area contributed by atoms with Crippen molar-refractivity contribution in [1.29, 1.82) is 0 Å². The summed E-state index contributed by atoms with van der Waals surface area (Å²) in [5.41, 5.74) is 1.52. The van der Waals surface area contributed by atoms with Crippen LogP contribution in [0.15, 0.2) is 132 Å². The van der Waals surface area contributed by atoms with Gasteiger partial charge >= 0.3 is 17.9 Å². The van der Waals surface area contributed by atoms with Crippen molar-refractivity contribution in [2.24, 2.45) is 0 Å². The average Bonchev–Trinajstić information content (AvgIpc) is 3.12. The van der Waals surface area contributed by atoms with Crippen LogP contribution in [-0.2, 0) is 29.0 Å². The van der Waals surface area contributed by atoms with Gasteiger partial charge in [-0.25, -0.2) is 22.8 Å². The van der Waals surface area contributed by atoms with E-state index in [-0.39, 0.29) is 21.3 Å². The van der Waals surface area contributed by atoms with Crippen molar-refractivity contribution < 1.29 is 46.5 Å². The van der Waals surface area contributed by atoms with E-state index in [4.69, 9.17) is 23.7 Å². The van der Waals surface area contributed by atoms with E-state index in [1.54, 1.807) is 67.8 Å². The van der Waals surface area contributed by atoms with Gasteiger partial charge in [0.05, 0.1) is 30.1 Å². The minimum Gasteiger partial charge on any atom is -0.497 e. The summed E-state index contributed by atoms with van der Waals surface area (Å²) >= 11 is 0. The van der Waals surface area contributed by atoms with Gasteiger partial charge < -0.3 is 23.7 Å². The van der Waals surface area contributed by atoms with Gasteiger partial charge in [0.25, 0.3) is 0 Å². The third-order valence-corrected chi connectivity index (χ3v) is 8.53. The van der Waals surface area contributed by atoms with Crippen molar-refractivity contribution in [1.82, 2.24) is 0 Å². The van der Waals surface area contributed by atoms with E-state index < -0.39 is 27.7 Å². The normalized spacial score (nSPS) is 11.2. The zero-order valence-corrected chi connectivity index (χ0v) is 27.5. The van der Waals surface area contributed by atoms with E-state index in [9.17, 15) is 22.8 Å². The second-order valence-electron chi connectivity index (χ2n) is 10.2. The summed E-state index contributed by atoms with van der Waals surface area (Å²) in [5.74, 6) is -0.00847. The Morgan fingerprint density at radius 3 is 1.47 bits per heavy atom. The molecule has 0 N–H and O–H groups in total. The average molecular weight is 683 g/mol. The minimum absolute atomic E-state index is 0.00304. The highest BCUT2D eigenvalue weighted by atomic mass is 32.2. The number of hydrogen-bond acceptors (Lipinski definition) is 10. The van der Waals surface area contributed by atoms with E-state index in [2.05, 4.69) is 6.58 Å². The molecule has 0 amide bonds. The molecule has 49 heavy (non-hydrogen) atoms. The first kappa shape index (κ1) is 35.9. The van der Waals surface area contributed by atoms with E-state index in [1.807, 2.05) is 0 Å². The van der Waals surface area contributed by atoms with Gasteiger partial charge in [-0.1, -0.05) is 30.8 Å². The van der Waals surface area contributed by atoms with Crippen LogP contribution in [0.5, 0.6) is 23.0 Å². The monoisotopic (exact) mass is 682 g/mol. The molecular formula is C38H34O10S. The van der Waals surface area contributed by atoms with Crippen LogP contribution >= 0.6 is 0 Å². The van der Waals surface area contributed by atoms with Crippen LogP contribution in [0.3, 0.4) is 0 Å². The Morgan fingerprint density at radius 2 is 1.02 bits per heavy atom. The van der Waals surface area contributed by atoms with Gasteiger partial charge in [-0.15, -0.1) is 0 Å². The zero-order chi connectivity index (χ0) is 35.1. The molecule has 0 bridgehead atoms. The number of methoxy groups -OCH3 is 1. The number of rotatable bonds is 16. The topological polar surface area (TPSA) is 132 Å². The molecule has 0 aliphatic rings. The fourth-order valence-corrected chi connectivity index (χ4v) is 5.42. The van der Waals surface area contributed by atoms with Crippen LogP contribution in [0.4, 0.5) is 0 Å². The summed E-state index contributed by atoms with van der Waals surface area (Å²) in [4.78, 5) is 35.6. The lowest BCUT2D eigenvalue weighted by molar-refractivity contribution is -0.138. The van der Waals surface area contributed by atoms with E-state index >= 15 is 0 Å². The molecule has 0 aromatic heterocycles. The number of sulfone groups is 1. The maximum Gasteiger partial charge on any atom is 0.336 e. The van der Waals surface area contributed by atoms with Gasteiger partial charge in [0, 0.05) is 18.2 Å². The molecule has 0 atom stereocenters. The lowest BCUT2D eigenvalue weighted by Crippen LogP contribution is -2.06. The SMILES string of the molecule is C=CC(=O)OCCCCOc1ccc(C=CC(=O)Oc2ccc(S(=O)(=O)c3ccc(OC(=O)C=Cc4ccc(OC)cc4)cc3)cc2)cc1. The molecule has 4 aromatic carbocycles. The molecule has 4 aromatic rings. The Labute approximate surface area is 284 Å². The molecule has 10 nitrogen and oxygen atoms in total. The summed E-state index contributed by atoms with van der Waals surface area (Å²) in [6.45, 7) is 4.11. The molecule has 0 radical (unpaired) electrons. The number of carbonyl (C=O) groups is 3. The van der Waals surface area contributed by atoms with E-state index in [0.29, 0.717) is 37.6 Å². The van der Waals surface area contributed by atoms with Gasteiger partial charge in [0.1, 0.15) is 23.0 Å². The molecule has 0 saturated heterocycles. The second-order valence-corrected chi connectivity index (χ2v) is 12.2. The van der Waals surface area contributed by atoms with Crippen LogP contribution in [0.1, 0.15) is 24.0 Å². The third kappa shape index (κ3) is 11.4. The van der Waals surface area contributed by atoms with Crippen molar-refractivity contribution in [3.05, 3.63) is 133 Å². The summed E-state index contributed by atoms with van der Waals surface area (Å²) in [7, 11) is -2.33. The molecule has 0 aliphatic carbocycles. The van der Waals surface area contributed by atoms with Gasteiger partial charge in [0.15, 0.2) is 0 Å². The fraction of sp³-hybridized carbons (Fsp3) is 0.132. The van der Waals surface area contributed by atoms with Gasteiger partial charge in [-0.2, -0.15) is 0 Å². The summed E-state index contributed by atoms with van der Waals surface area (Å²) in [6, 6.07) is 25.1. The quantitative estimate of drug-likeness (QED) is 0.0548. The predicted molar refractivity (Wildman–Crippen MR) is 183 cm³/mol. The maximum atomic E-state index is 13.1. The molecule has 11 heteroatoms. The Kier molecular flexibility index (Phi) is 13.1. The lowest BCUT2D eigenvalue weighted by Gasteiger charge is -2.08. The third-order valence-electron chi connectivity index (χ3n) is 6.74. The number of ether oxygens (including phenoxy) is 5. The largest absolute Gasteiger partial charge is 0.497 e. The molecule has 0 spiro atoms. The Bertz CT molecular complexity index is 1890. The summed E-state index contributed by atoms with van der Waals surface area (Å²) < 4.78 is 52.6. The second kappa shape index (κ2) is 17.8. The van der Waals surface area contributed by atoms with Gasteiger partial charge in [-0.05, 0) is 109 Å². The van der Waals surface area contributed by atoms with Crippen LogP contribution in [0, 0.1) is 0 Å². The summed E-state index contributed by atoms with van der Waals surface area (Å²) in [5, 5.41) is 0. The fourth-order valence-electron chi connectivity index (χ4n) is 4.15. The highest BCUT2D eigenvalue weighted by Crippen LogP contribution is 2.25. The van der Waals surface area contributed by atoms with Crippen LogP contribution in [-0.4, -0.2) is 46.6 Å². The van der Waals surface area contributed by atoms with Crippen LogP contribution < -0.4 is 18.9 Å². The number of hydrogen-bond donors (Lipinski definition) is 0. The first-order chi connectivity index (χ1) is 23.7. The van der Waals surface area contributed by atoms with Crippen molar-refractivity contribution in [2.75, 3.05) is 20.3 Å². The smallest absolute Gasteiger partial charge is 0.336 e. The Balaban J connectivity index is 1.24. The van der Waals surface area contributed by atoms with E-state index in [1.165, 1.54) is 60.7 Å².